The van der Waals surface area contributed by atoms with Crippen LogP contribution in [0.5, 0.6) is 0 Å². The number of benzene rings is 11. The van der Waals surface area contributed by atoms with Crippen molar-refractivity contribution in [3.63, 3.8) is 0 Å². The second-order valence-corrected chi connectivity index (χ2v) is 20.8. The molecule has 0 unspecified atom stereocenters. The fourth-order valence-electron chi connectivity index (χ4n) is 12.0. The first kappa shape index (κ1) is 52.5. The minimum absolute atomic E-state index is 0.201. The summed E-state index contributed by atoms with van der Waals surface area (Å²) in [5, 5.41) is 44.3. The fraction of sp³-hybridized carbons (Fsp3) is 0. The molecule has 0 bridgehead atoms. The van der Waals surface area contributed by atoms with Crippen LogP contribution in [0, 0.1) is 65.0 Å². The highest BCUT2D eigenvalue weighted by Crippen LogP contribution is 2.47. The molecule has 0 fully saturated rings. The molecule has 0 aliphatic carbocycles. The quantitative estimate of drug-likeness (QED) is 0.130. The van der Waals surface area contributed by atoms with Crippen molar-refractivity contribution in [2.45, 2.75) is 0 Å². The van der Waals surface area contributed by atoms with Gasteiger partial charge in [-0.15, -0.1) is 0 Å². The Morgan fingerprint density at radius 2 is 0.750 bits per heavy atom. The largest absolute Gasteiger partial charge is 0.309 e. The van der Waals surface area contributed by atoms with Gasteiger partial charge >= 0.3 is 0 Å². The van der Waals surface area contributed by atoms with Gasteiger partial charge in [0.2, 0.25) is 0 Å². The smallest absolute Gasteiger partial charge is 0.197 e. The predicted octanol–water partition coefficient (Wildman–Crippen LogP) is 18.9. The second kappa shape index (κ2) is 21.7. The van der Waals surface area contributed by atoms with Crippen LogP contribution in [-0.4, -0.2) is 24.1 Å². The van der Waals surface area contributed by atoms with E-state index in [0.29, 0.717) is 50.9 Å². The van der Waals surface area contributed by atoms with Crippen LogP contribution in [-0.2, 0) is 0 Å². The minimum atomic E-state index is 0.201. The zero-order valence-corrected chi connectivity index (χ0v) is 46.3. The average molecular weight is 1120 g/mol. The Labute approximate surface area is 504 Å². The standard InChI is InChI=1S/C76H38N12/c1-81-57-36-56(45-80)73(65(41-57)83-3)53-28-32-68-61(39-53)59-19-10-12-20-66(59)87(68)70-30-26-51(48-24-22-46(42-77)23-25-48)37-62(70)63-40-54(76-85-74(49-14-6-4-7-15-49)84-75(86-76)50-16-8-5-9-17-50)29-33-71(63)88-67-21-13-11-18-58(67)60-38-52(27-31-69(60)88)72-55(44-79)34-47(43-78)35-64(72)82-2/h4-41H. The molecule has 0 N–H and O–H groups in total. The van der Waals surface area contributed by atoms with E-state index in [0.717, 1.165) is 88.4 Å². The van der Waals surface area contributed by atoms with Gasteiger partial charge in [-0.1, -0.05) is 133 Å². The monoisotopic (exact) mass is 1120 g/mol. The third-order valence-electron chi connectivity index (χ3n) is 16.0. The number of para-hydroxylation sites is 2. The first-order valence-corrected chi connectivity index (χ1v) is 27.7. The molecule has 12 nitrogen and oxygen atoms in total. The van der Waals surface area contributed by atoms with Crippen LogP contribution in [0.4, 0.5) is 17.1 Å². The summed E-state index contributed by atoms with van der Waals surface area (Å²) in [6.45, 7) is 24.0. The van der Waals surface area contributed by atoms with Crippen LogP contribution < -0.4 is 0 Å². The molecule has 88 heavy (non-hydrogen) atoms. The summed E-state index contributed by atoms with van der Waals surface area (Å²) in [4.78, 5) is 26.7. The van der Waals surface area contributed by atoms with Gasteiger partial charge < -0.3 is 9.13 Å². The van der Waals surface area contributed by atoms with Crippen LogP contribution >= 0.6 is 0 Å². The van der Waals surface area contributed by atoms with E-state index in [1.807, 2.05) is 152 Å². The van der Waals surface area contributed by atoms with E-state index in [4.69, 9.17) is 34.7 Å². The third-order valence-corrected chi connectivity index (χ3v) is 16.0. The molecule has 12 heteroatoms. The molecule has 0 atom stereocenters. The van der Waals surface area contributed by atoms with E-state index in [2.05, 4.69) is 103 Å². The normalized spacial score (nSPS) is 10.9. The van der Waals surface area contributed by atoms with E-state index in [1.54, 1.807) is 0 Å². The molecule has 402 valence electrons. The molecule has 0 saturated heterocycles. The lowest BCUT2D eigenvalue weighted by atomic mass is 9.93. The Balaban J connectivity index is 1.09. The van der Waals surface area contributed by atoms with Crippen molar-refractivity contribution >= 4 is 60.7 Å². The maximum atomic E-state index is 10.5. The van der Waals surface area contributed by atoms with Gasteiger partial charge in [0.15, 0.2) is 34.5 Å². The van der Waals surface area contributed by atoms with E-state index >= 15 is 0 Å². The Morgan fingerprint density at radius 3 is 1.25 bits per heavy atom. The van der Waals surface area contributed by atoms with E-state index < -0.39 is 0 Å². The van der Waals surface area contributed by atoms with Crippen molar-refractivity contribution < 1.29 is 0 Å². The summed E-state index contributed by atoms with van der Waals surface area (Å²) in [6.07, 6.45) is 0. The first-order chi connectivity index (χ1) is 43.3. The summed E-state index contributed by atoms with van der Waals surface area (Å²) in [7, 11) is 0. The minimum Gasteiger partial charge on any atom is -0.309 e. The Kier molecular flexibility index (Phi) is 12.9. The van der Waals surface area contributed by atoms with Crippen molar-refractivity contribution in [2.24, 2.45) is 0 Å². The summed E-state index contributed by atoms with van der Waals surface area (Å²) in [6, 6.07) is 83.0. The summed E-state index contributed by atoms with van der Waals surface area (Å²) in [5.41, 5.74) is 14.8. The molecule has 0 aliphatic heterocycles. The van der Waals surface area contributed by atoms with E-state index in [-0.39, 0.29) is 33.8 Å². The average Bonchev–Trinajstić information content (AvgIpc) is 1.58. The van der Waals surface area contributed by atoms with Crippen LogP contribution in [0.25, 0.3) is 148 Å². The molecule has 0 amide bonds. The Hall–Kier alpha value is -13.5. The van der Waals surface area contributed by atoms with E-state index in [1.165, 1.54) is 24.3 Å². The number of aromatic nitrogens is 5. The van der Waals surface area contributed by atoms with Crippen LogP contribution in [0.1, 0.15) is 22.3 Å². The molecule has 3 heterocycles. The molecule has 0 saturated carbocycles. The molecular formula is C76H38N12. The van der Waals surface area contributed by atoms with Crippen LogP contribution in [0.3, 0.4) is 0 Å². The van der Waals surface area contributed by atoms with Gasteiger partial charge in [0.05, 0.1) is 88.6 Å². The second-order valence-electron chi connectivity index (χ2n) is 20.8. The predicted molar refractivity (Wildman–Crippen MR) is 344 cm³/mol. The molecule has 3 aromatic heterocycles. The number of rotatable bonds is 9. The SMILES string of the molecule is [C-]#[N+]c1cc(C#N)c(-c2ccc3c(c2)c2ccccc2n3-c2ccc(-c3ccc(C#N)cc3)cc2-c2cc(-c3nc(-c4ccccc4)nc(-c4ccccc4)n3)ccc2-n2c3ccccc3c3cc(-c4c(C#N)cc(C#N)cc4[N+]#[C-])ccc32)c([N+]#[C-])c1. The summed E-state index contributed by atoms with van der Waals surface area (Å²) < 4.78 is 4.48. The van der Waals surface area contributed by atoms with E-state index in [9.17, 15) is 21.0 Å². The van der Waals surface area contributed by atoms with Crippen molar-refractivity contribution in [3.05, 3.63) is 287 Å². The number of hydrogen-bond donors (Lipinski definition) is 0. The highest BCUT2D eigenvalue weighted by atomic mass is 15.0. The molecule has 14 rings (SSSR count). The van der Waals surface area contributed by atoms with Gasteiger partial charge in [-0.25, -0.2) is 29.5 Å². The maximum Gasteiger partial charge on any atom is 0.197 e. The molecule has 0 aliphatic rings. The zero-order chi connectivity index (χ0) is 60.0. The van der Waals surface area contributed by atoms with Crippen LogP contribution in [0.2, 0.25) is 0 Å². The van der Waals surface area contributed by atoms with Crippen LogP contribution in [0.15, 0.2) is 231 Å². The van der Waals surface area contributed by atoms with Gasteiger partial charge in [0.1, 0.15) is 0 Å². The Bertz CT molecular complexity index is 5460. The van der Waals surface area contributed by atoms with Gasteiger partial charge in [-0.3, -0.25) is 0 Å². The van der Waals surface area contributed by atoms with Gasteiger partial charge in [0.25, 0.3) is 0 Å². The third kappa shape index (κ3) is 8.85. The number of hydrogen-bond acceptors (Lipinski definition) is 7. The van der Waals surface area contributed by atoms with Crippen molar-refractivity contribution in [3.8, 4) is 114 Å². The van der Waals surface area contributed by atoms with Crippen molar-refractivity contribution in [1.82, 2.24) is 24.1 Å². The molecule has 0 spiro atoms. The molecule has 0 radical (unpaired) electrons. The Morgan fingerprint density at radius 1 is 0.318 bits per heavy atom. The van der Waals surface area contributed by atoms with Crippen molar-refractivity contribution in [2.75, 3.05) is 0 Å². The summed E-state index contributed by atoms with van der Waals surface area (Å²) in [5.74, 6) is 1.43. The number of fused-ring (bicyclic) bond motifs is 6. The number of nitriles is 4. The first-order valence-electron chi connectivity index (χ1n) is 27.7. The molecule has 14 aromatic rings. The van der Waals surface area contributed by atoms with Gasteiger partial charge in [-0.2, -0.15) is 21.0 Å². The lowest BCUT2D eigenvalue weighted by Gasteiger charge is -2.21. The zero-order valence-electron chi connectivity index (χ0n) is 46.3. The van der Waals surface area contributed by atoms with Gasteiger partial charge in [0, 0.05) is 71.6 Å². The highest BCUT2D eigenvalue weighted by Gasteiger charge is 2.25. The van der Waals surface area contributed by atoms with Crippen molar-refractivity contribution in [1.29, 1.82) is 21.0 Å². The maximum absolute atomic E-state index is 10.5. The topological polar surface area (TPSA) is 157 Å². The molecular weight excluding hydrogens is 1080 g/mol. The lowest BCUT2D eigenvalue weighted by molar-refractivity contribution is 1.07. The highest BCUT2D eigenvalue weighted by molar-refractivity contribution is 6.13. The number of nitrogens with zero attached hydrogens (tertiary/aromatic N) is 12. The fourth-order valence-corrected chi connectivity index (χ4v) is 12.0. The lowest BCUT2D eigenvalue weighted by Crippen LogP contribution is -2.04. The summed E-state index contributed by atoms with van der Waals surface area (Å²) >= 11 is 0. The molecule has 11 aromatic carbocycles. The van der Waals surface area contributed by atoms with Gasteiger partial charge in [-0.05, 0) is 119 Å².